The average molecular weight is 288 g/mol. The van der Waals surface area contributed by atoms with Crippen molar-refractivity contribution in [2.45, 2.75) is 64.2 Å². The molecule has 3 nitrogen and oxygen atoms in total. The van der Waals surface area contributed by atoms with Crippen molar-refractivity contribution in [1.29, 1.82) is 0 Å². The average Bonchev–Trinajstić information content (AvgIpc) is 2.84. The molecule has 0 amide bonds. The molecule has 0 saturated carbocycles. The van der Waals surface area contributed by atoms with Crippen LogP contribution in [0.1, 0.15) is 45.1 Å². The molecule has 3 rings (SSSR count). The molecule has 2 aliphatic rings. The van der Waals surface area contributed by atoms with Gasteiger partial charge in [-0.05, 0) is 56.8 Å². The number of ether oxygens (including phenoxy) is 1. The van der Waals surface area contributed by atoms with Gasteiger partial charge in [0.15, 0.2) is 0 Å². The van der Waals surface area contributed by atoms with Crippen molar-refractivity contribution in [1.82, 2.24) is 10.2 Å². The Bertz CT molecular complexity index is 450. The van der Waals surface area contributed by atoms with Gasteiger partial charge in [-0.2, -0.15) is 0 Å². The normalized spacial score (nSPS) is 28.0. The molecule has 2 atom stereocenters. The fraction of sp³-hybridized carbons (Fsp3) is 0.667. The molecule has 2 fully saturated rings. The molecule has 2 bridgehead atoms. The smallest absolute Gasteiger partial charge is 0.119 e. The van der Waals surface area contributed by atoms with E-state index in [2.05, 4.69) is 35.3 Å². The van der Waals surface area contributed by atoms with Crippen molar-refractivity contribution in [2.24, 2.45) is 0 Å². The van der Waals surface area contributed by atoms with E-state index in [4.69, 9.17) is 4.74 Å². The highest BCUT2D eigenvalue weighted by Gasteiger charge is 2.35. The largest absolute Gasteiger partial charge is 0.494 e. The van der Waals surface area contributed by atoms with Crippen molar-refractivity contribution < 1.29 is 4.74 Å². The van der Waals surface area contributed by atoms with E-state index in [0.717, 1.165) is 43.6 Å². The number of piperidine rings is 1. The van der Waals surface area contributed by atoms with Crippen molar-refractivity contribution in [2.75, 3.05) is 13.2 Å². The third-order valence-corrected chi connectivity index (χ3v) is 4.97. The van der Waals surface area contributed by atoms with Crippen LogP contribution in [0.25, 0.3) is 0 Å². The molecule has 3 heteroatoms. The topological polar surface area (TPSA) is 24.5 Å². The molecule has 0 aliphatic carbocycles. The Morgan fingerprint density at radius 2 is 1.95 bits per heavy atom. The first-order valence-electron chi connectivity index (χ1n) is 8.50. The third-order valence-electron chi connectivity index (χ3n) is 4.97. The minimum Gasteiger partial charge on any atom is -0.494 e. The highest BCUT2D eigenvalue weighted by Crippen LogP contribution is 2.30. The zero-order chi connectivity index (χ0) is 14.7. The molecule has 1 N–H and O–H groups in total. The predicted octanol–water partition coefficient (Wildman–Crippen LogP) is 3.19. The van der Waals surface area contributed by atoms with Crippen LogP contribution in [0.5, 0.6) is 5.75 Å². The number of benzene rings is 1. The second-order valence-corrected chi connectivity index (χ2v) is 6.41. The SMILES string of the molecule is CCOc1cccc(CN(CC)C2CC3CCC(C2)N3)c1. The van der Waals surface area contributed by atoms with E-state index in [-0.39, 0.29) is 0 Å². The second kappa shape index (κ2) is 6.80. The quantitative estimate of drug-likeness (QED) is 0.870. The molecule has 0 spiro atoms. The summed E-state index contributed by atoms with van der Waals surface area (Å²) in [7, 11) is 0. The molecule has 21 heavy (non-hydrogen) atoms. The van der Waals surface area contributed by atoms with Crippen LogP contribution in [0, 0.1) is 0 Å². The maximum Gasteiger partial charge on any atom is 0.119 e. The van der Waals surface area contributed by atoms with Gasteiger partial charge in [-0.1, -0.05) is 19.1 Å². The van der Waals surface area contributed by atoms with E-state index in [1.54, 1.807) is 0 Å². The fourth-order valence-corrected chi connectivity index (χ4v) is 3.96. The molecule has 2 saturated heterocycles. The number of hydrogen-bond acceptors (Lipinski definition) is 3. The molecule has 0 aromatic heterocycles. The van der Waals surface area contributed by atoms with E-state index in [9.17, 15) is 0 Å². The Morgan fingerprint density at radius 1 is 1.19 bits per heavy atom. The summed E-state index contributed by atoms with van der Waals surface area (Å²) in [5.41, 5.74) is 1.37. The van der Waals surface area contributed by atoms with Gasteiger partial charge < -0.3 is 10.1 Å². The van der Waals surface area contributed by atoms with Crippen LogP contribution in [0.2, 0.25) is 0 Å². The third kappa shape index (κ3) is 3.58. The van der Waals surface area contributed by atoms with Crippen molar-refractivity contribution in [3.05, 3.63) is 29.8 Å². The minimum absolute atomic E-state index is 0.735. The number of fused-ring (bicyclic) bond motifs is 2. The van der Waals surface area contributed by atoms with Gasteiger partial charge in [-0.15, -0.1) is 0 Å². The lowest BCUT2D eigenvalue weighted by atomic mass is 9.97. The summed E-state index contributed by atoms with van der Waals surface area (Å²) in [4.78, 5) is 2.65. The maximum atomic E-state index is 5.62. The predicted molar refractivity (Wildman–Crippen MR) is 86.7 cm³/mol. The Morgan fingerprint density at radius 3 is 2.62 bits per heavy atom. The summed E-state index contributed by atoms with van der Waals surface area (Å²) in [6.07, 6.45) is 5.38. The van der Waals surface area contributed by atoms with E-state index < -0.39 is 0 Å². The van der Waals surface area contributed by atoms with Crippen LogP contribution in [-0.4, -0.2) is 36.2 Å². The zero-order valence-electron chi connectivity index (χ0n) is 13.3. The van der Waals surface area contributed by atoms with Gasteiger partial charge in [0.25, 0.3) is 0 Å². The van der Waals surface area contributed by atoms with Crippen LogP contribution in [0.4, 0.5) is 0 Å². The molecular formula is C18H28N2O. The Balaban J connectivity index is 1.65. The van der Waals surface area contributed by atoms with Gasteiger partial charge in [-0.3, -0.25) is 4.90 Å². The first kappa shape index (κ1) is 14.9. The zero-order valence-corrected chi connectivity index (χ0v) is 13.3. The van der Waals surface area contributed by atoms with E-state index in [1.165, 1.54) is 31.2 Å². The highest BCUT2D eigenvalue weighted by atomic mass is 16.5. The Kier molecular flexibility index (Phi) is 4.81. The molecule has 0 radical (unpaired) electrons. The minimum atomic E-state index is 0.735. The summed E-state index contributed by atoms with van der Waals surface area (Å²) in [6.45, 7) is 7.23. The van der Waals surface area contributed by atoms with Gasteiger partial charge in [-0.25, -0.2) is 0 Å². The van der Waals surface area contributed by atoms with Crippen LogP contribution < -0.4 is 10.1 Å². The number of rotatable bonds is 6. The molecule has 1 aromatic rings. The standard InChI is InChI=1S/C18H28N2O/c1-3-20(17-11-15-8-9-16(12-17)19-15)13-14-6-5-7-18(10-14)21-4-2/h5-7,10,15-17,19H,3-4,8-9,11-13H2,1-2H3. The van der Waals surface area contributed by atoms with Crippen molar-refractivity contribution in [3.63, 3.8) is 0 Å². The fourth-order valence-electron chi connectivity index (χ4n) is 3.96. The molecule has 2 aliphatic heterocycles. The second-order valence-electron chi connectivity index (χ2n) is 6.41. The Labute approximate surface area is 128 Å². The van der Waals surface area contributed by atoms with Crippen LogP contribution >= 0.6 is 0 Å². The van der Waals surface area contributed by atoms with E-state index >= 15 is 0 Å². The molecule has 1 aromatic carbocycles. The summed E-state index contributed by atoms with van der Waals surface area (Å²) in [6, 6.07) is 10.8. The highest BCUT2D eigenvalue weighted by molar-refractivity contribution is 5.28. The van der Waals surface area contributed by atoms with Crippen molar-refractivity contribution in [3.8, 4) is 5.75 Å². The van der Waals surface area contributed by atoms with Gasteiger partial charge in [0.2, 0.25) is 0 Å². The van der Waals surface area contributed by atoms with Crippen molar-refractivity contribution >= 4 is 0 Å². The van der Waals surface area contributed by atoms with E-state index in [0.29, 0.717) is 0 Å². The summed E-state index contributed by atoms with van der Waals surface area (Å²) in [5, 5.41) is 3.74. The number of nitrogens with zero attached hydrogens (tertiary/aromatic N) is 1. The monoisotopic (exact) mass is 288 g/mol. The first-order valence-corrected chi connectivity index (χ1v) is 8.50. The molecule has 2 heterocycles. The molecular weight excluding hydrogens is 260 g/mol. The van der Waals surface area contributed by atoms with Crippen LogP contribution in [0.15, 0.2) is 24.3 Å². The summed E-state index contributed by atoms with van der Waals surface area (Å²) in [5.74, 6) is 0.997. The molecule has 2 unspecified atom stereocenters. The van der Waals surface area contributed by atoms with Gasteiger partial charge >= 0.3 is 0 Å². The number of hydrogen-bond donors (Lipinski definition) is 1. The van der Waals surface area contributed by atoms with Crippen LogP contribution in [-0.2, 0) is 6.54 Å². The van der Waals surface area contributed by atoms with Crippen LogP contribution in [0.3, 0.4) is 0 Å². The summed E-state index contributed by atoms with van der Waals surface area (Å²) >= 11 is 0. The van der Waals surface area contributed by atoms with Gasteiger partial charge in [0, 0.05) is 24.7 Å². The van der Waals surface area contributed by atoms with Gasteiger partial charge in [0.05, 0.1) is 6.61 Å². The molecule has 116 valence electrons. The number of nitrogens with one attached hydrogen (secondary N) is 1. The lowest BCUT2D eigenvalue weighted by Gasteiger charge is -2.37. The van der Waals surface area contributed by atoms with Gasteiger partial charge in [0.1, 0.15) is 5.75 Å². The lowest BCUT2D eigenvalue weighted by Crippen LogP contribution is -2.47. The van der Waals surface area contributed by atoms with E-state index in [1.807, 2.05) is 13.0 Å². The first-order chi connectivity index (χ1) is 10.3. The summed E-state index contributed by atoms with van der Waals surface area (Å²) < 4.78 is 5.62. The lowest BCUT2D eigenvalue weighted by molar-refractivity contribution is 0.140. The Hall–Kier alpha value is -1.06. The maximum absolute atomic E-state index is 5.62.